The molecule has 0 saturated carbocycles. The molecule has 3 N–H and O–H groups in total. The fourth-order valence-corrected chi connectivity index (χ4v) is 3.18. The SMILES string of the molecule is CCNC(=NCC(=O)NC(C)(C)C)NC(C)c1cccc(N2CCCC2)c1.I. The van der Waals surface area contributed by atoms with Crippen LogP contribution in [0.5, 0.6) is 0 Å². The van der Waals surface area contributed by atoms with E-state index in [1.807, 2.05) is 27.7 Å². The number of guanidine groups is 1. The van der Waals surface area contributed by atoms with Crippen molar-refractivity contribution in [3.8, 4) is 0 Å². The normalized spacial score (nSPS) is 15.6. The maximum absolute atomic E-state index is 12.0. The lowest BCUT2D eigenvalue weighted by Gasteiger charge is -2.22. The number of hydrogen-bond donors (Lipinski definition) is 3. The Morgan fingerprint density at radius 2 is 1.93 bits per heavy atom. The van der Waals surface area contributed by atoms with E-state index in [0.717, 1.165) is 19.6 Å². The summed E-state index contributed by atoms with van der Waals surface area (Å²) in [6.07, 6.45) is 2.54. The van der Waals surface area contributed by atoms with Crippen molar-refractivity contribution in [2.75, 3.05) is 31.1 Å². The number of halogens is 1. The molecule has 28 heavy (non-hydrogen) atoms. The Hall–Kier alpha value is -1.51. The van der Waals surface area contributed by atoms with Gasteiger partial charge in [-0.25, -0.2) is 4.99 Å². The van der Waals surface area contributed by atoms with Gasteiger partial charge in [-0.1, -0.05) is 12.1 Å². The molecule has 1 aromatic carbocycles. The van der Waals surface area contributed by atoms with Crippen molar-refractivity contribution in [3.63, 3.8) is 0 Å². The molecule has 1 amide bonds. The van der Waals surface area contributed by atoms with Gasteiger partial charge in [-0.3, -0.25) is 4.79 Å². The van der Waals surface area contributed by atoms with Crippen molar-refractivity contribution in [3.05, 3.63) is 29.8 Å². The van der Waals surface area contributed by atoms with Crippen molar-refractivity contribution >= 4 is 41.5 Å². The van der Waals surface area contributed by atoms with Crippen LogP contribution in [0.2, 0.25) is 0 Å². The Morgan fingerprint density at radius 3 is 2.54 bits per heavy atom. The van der Waals surface area contributed by atoms with Gasteiger partial charge in [0, 0.05) is 30.9 Å². The largest absolute Gasteiger partial charge is 0.372 e. The highest BCUT2D eigenvalue weighted by Gasteiger charge is 2.16. The van der Waals surface area contributed by atoms with Gasteiger partial charge >= 0.3 is 0 Å². The molecule has 1 aliphatic rings. The molecular formula is C21H36IN5O. The molecule has 0 bridgehead atoms. The van der Waals surface area contributed by atoms with Crippen LogP contribution >= 0.6 is 24.0 Å². The second kappa shape index (κ2) is 11.5. The van der Waals surface area contributed by atoms with Crippen molar-refractivity contribution < 1.29 is 4.79 Å². The summed E-state index contributed by atoms with van der Waals surface area (Å²) in [5, 5.41) is 9.56. The zero-order valence-corrected chi connectivity index (χ0v) is 20.2. The van der Waals surface area contributed by atoms with Crippen LogP contribution in [0.3, 0.4) is 0 Å². The Kier molecular flexibility index (Phi) is 10.1. The molecular weight excluding hydrogens is 465 g/mol. The molecule has 0 spiro atoms. The lowest BCUT2D eigenvalue weighted by Crippen LogP contribution is -2.43. The summed E-state index contributed by atoms with van der Waals surface area (Å²) in [4.78, 5) is 18.9. The van der Waals surface area contributed by atoms with Gasteiger partial charge in [-0.05, 0) is 65.2 Å². The van der Waals surface area contributed by atoms with Crippen LogP contribution in [0.15, 0.2) is 29.3 Å². The molecule has 0 aromatic heterocycles. The van der Waals surface area contributed by atoms with Crippen LogP contribution < -0.4 is 20.9 Å². The minimum Gasteiger partial charge on any atom is -0.372 e. The standard InChI is InChI=1S/C21H35N5O.HI/c1-6-22-20(23-15-19(27)25-21(3,4)5)24-16(2)17-10-9-11-18(14-17)26-12-7-8-13-26;/h9-11,14,16H,6-8,12-13,15H2,1-5H3,(H,25,27)(H2,22,23,24);1H. The first kappa shape index (κ1) is 24.5. The van der Waals surface area contributed by atoms with Gasteiger partial charge in [-0.15, -0.1) is 24.0 Å². The van der Waals surface area contributed by atoms with Gasteiger partial charge in [-0.2, -0.15) is 0 Å². The second-order valence-corrected chi connectivity index (χ2v) is 8.15. The van der Waals surface area contributed by atoms with Gasteiger partial charge in [0.2, 0.25) is 5.91 Å². The maximum Gasteiger partial charge on any atom is 0.242 e. The first-order valence-corrected chi connectivity index (χ1v) is 9.99. The molecule has 1 fully saturated rings. The molecule has 2 rings (SSSR count). The van der Waals surface area contributed by atoms with E-state index >= 15 is 0 Å². The molecule has 6 nitrogen and oxygen atoms in total. The molecule has 1 heterocycles. The molecule has 1 unspecified atom stereocenters. The lowest BCUT2D eigenvalue weighted by atomic mass is 10.1. The van der Waals surface area contributed by atoms with Gasteiger partial charge < -0.3 is 20.9 Å². The van der Waals surface area contributed by atoms with Crippen molar-refractivity contribution in [2.45, 2.75) is 59.0 Å². The molecule has 1 saturated heterocycles. The summed E-state index contributed by atoms with van der Waals surface area (Å²) in [5.41, 5.74) is 2.25. The number of carbonyl (C=O) groups is 1. The smallest absolute Gasteiger partial charge is 0.242 e. The molecule has 0 radical (unpaired) electrons. The summed E-state index contributed by atoms with van der Waals surface area (Å²) in [6.45, 7) is 13.2. The molecule has 1 aliphatic heterocycles. The average molecular weight is 501 g/mol. The van der Waals surface area contributed by atoms with Gasteiger partial charge in [0.15, 0.2) is 5.96 Å². The first-order chi connectivity index (χ1) is 12.8. The Labute approximate surface area is 187 Å². The fraction of sp³-hybridized carbons (Fsp3) is 0.619. The Bertz CT molecular complexity index is 650. The number of amides is 1. The van der Waals surface area contributed by atoms with E-state index in [9.17, 15) is 4.79 Å². The third-order valence-corrected chi connectivity index (χ3v) is 4.43. The number of anilines is 1. The third-order valence-electron chi connectivity index (χ3n) is 4.43. The van der Waals surface area contributed by atoms with Gasteiger partial charge in [0.05, 0.1) is 6.04 Å². The highest BCUT2D eigenvalue weighted by atomic mass is 127. The lowest BCUT2D eigenvalue weighted by molar-refractivity contribution is -0.121. The molecule has 0 aliphatic carbocycles. The number of nitrogens with zero attached hydrogens (tertiary/aromatic N) is 2. The maximum atomic E-state index is 12.0. The summed E-state index contributed by atoms with van der Waals surface area (Å²) in [7, 11) is 0. The van der Waals surface area contributed by atoms with Gasteiger partial charge in [0.25, 0.3) is 0 Å². The predicted octanol–water partition coefficient (Wildman–Crippen LogP) is 3.44. The van der Waals surface area contributed by atoms with E-state index in [1.54, 1.807) is 0 Å². The molecule has 7 heteroatoms. The summed E-state index contributed by atoms with van der Waals surface area (Å²) >= 11 is 0. The number of rotatable bonds is 6. The molecule has 158 valence electrons. The fourth-order valence-electron chi connectivity index (χ4n) is 3.18. The monoisotopic (exact) mass is 501 g/mol. The number of nitrogens with one attached hydrogen (secondary N) is 3. The minimum atomic E-state index is -0.248. The van der Waals surface area contributed by atoms with Crippen molar-refractivity contribution in [2.24, 2.45) is 4.99 Å². The van der Waals surface area contributed by atoms with Crippen molar-refractivity contribution in [1.29, 1.82) is 0 Å². The quantitative estimate of drug-likeness (QED) is 0.318. The summed E-state index contributed by atoms with van der Waals surface area (Å²) in [5.74, 6) is 0.573. The second-order valence-electron chi connectivity index (χ2n) is 8.15. The van der Waals surface area contributed by atoms with E-state index in [1.165, 1.54) is 24.1 Å². The highest BCUT2D eigenvalue weighted by molar-refractivity contribution is 14.0. The van der Waals surface area contributed by atoms with E-state index in [0.29, 0.717) is 5.96 Å². The van der Waals surface area contributed by atoms with E-state index < -0.39 is 0 Å². The highest BCUT2D eigenvalue weighted by Crippen LogP contribution is 2.23. The number of benzene rings is 1. The van der Waals surface area contributed by atoms with Gasteiger partial charge in [0.1, 0.15) is 6.54 Å². The van der Waals surface area contributed by atoms with Crippen LogP contribution in [-0.4, -0.2) is 43.6 Å². The van der Waals surface area contributed by atoms with Crippen LogP contribution in [0.25, 0.3) is 0 Å². The van der Waals surface area contributed by atoms with E-state index in [-0.39, 0.29) is 48.0 Å². The average Bonchev–Trinajstić information content (AvgIpc) is 3.13. The van der Waals surface area contributed by atoms with Crippen LogP contribution in [0, 0.1) is 0 Å². The number of carbonyl (C=O) groups excluding carboxylic acids is 1. The zero-order chi connectivity index (χ0) is 19.9. The predicted molar refractivity (Wildman–Crippen MR) is 129 cm³/mol. The van der Waals surface area contributed by atoms with E-state index in [2.05, 4.69) is 57.0 Å². The molecule has 1 atom stereocenters. The van der Waals surface area contributed by atoms with E-state index in [4.69, 9.17) is 0 Å². The molecule has 1 aromatic rings. The Morgan fingerprint density at radius 1 is 1.25 bits per heavy atom. The third kappa shape index (κ3) is 8.24. The number of hydrogen-bond acceptors (Lipinski definition) is 3. The zero-order valence-electron chi connectivity index (χ0n) is 17.8. The van der Waals surface area contributed by atoms with Crippen LogP contribution in [-0.2, 0) is 4.79 Å². The van der Waals surface area contributed by atoms with Crippen molar-refractivity contribution in [1.82, 2.24) is 16.0 Å². The van der Waals surface area contributed by atoms with Crippen LogP contribution in [0.1, 0.15) is 59.1 Å². The Balaban J connectivity index is 0.00000392. The minimum absolute atomic E-state index is 0. The van der Waals surface area contributed by atoms with Crippen LogP contribution in [0.4, 0.5) is 5.69 Å². The summed E-state index contributed by atoms with van der Waals surface area (Å²) in [6, 6.07) is 8.77. The first-order valence-electron chi connectivity index (χ1n) is 9.99. The number of aliphatic imine (C=N–C) groups is 1. The summed E-state index contributed by atoms with van der Waals surface area (Å²) < 4.78 is 0. The topological polar surface area (TPSA) is 68.8 Å².